The number of likely N-dealkylation sites (tertiary alicyclic amines) is 1. The second kappa shape index (κ2) is 9.56. The van der Waals surface area contributed by atoms with Crippen molar-refractivity contribution in [1.82, 2.24) is 10.2 Å². The van der Waals surface area contributed by atoms with E-state index in [2.05, 4.69) is 31.3 Å². The van der Waals surface area contributed by atoms with Gasteiger partial charge in [-0.3, -0.25) is 4.79 Å². The number of carbonyl (C=O) groups is 1. The van der Waals surface area contributed by atoms with Gasteiger partial charge < -0.3 is 15.0 Å². The SMILES string of the molecule is CCNCC1CCN(C(=O)c2ccccc2OCc2ccccc2C)CC1. The molecular formula is C23H30N2O2. The van der Waals surface area contributed by atoms with Gasteiger partial charge in [0.1, 0.15) is 12.4 Å². The van der Waals surface area contributed by atoms with E-state index in [-0.39, 0.29) is 5.91 Å². The number of nitrogens with zero attached hydrogens (tertiary/aromatic N) is 1. The van der Waals surface area contributed by atoms with Gasteiger partial charge in [-0.25, -0.2) is 0 Å². The molecule has 1 aliphatic heterocycles. The molecule has 0 saturated carbocycles. The van der Waals surface area contributed by atoms with Crippen LogP contribution >= 0.6 is 0 Å². The summed E-state index contributed by atoms with van der Waals surface area (Å²) in [5, 5.41) is 3.42. The van der Waals surface area contributed by atoms with Gasteiger partial charge in [0.2, 0.25) is 0 Å². The van der Waals surface area contributed by atoms with E-state index in [1.165, 1.54) is 5.56 Å². The quantitative estimate of drug-likeness (QED) is 0.804. The van der Waals surface area contributed by atoms with Crippen molar-refractivity contribution in [3.8, 4) is 5.75 Å². The van der Waals surface area contributed by atoms with Crippen LogP contribution in [-0.2, 0) is 6.61 Å². The van der Waals surface area contributed by atoms with Crippen molar-refractivity contribution in [2.45, 2.75) is 33.3 Å². The van der Waals surface area contributed by atoms with Crippen LogP contribution in [0.15, 0.2) is 48.5 Å². The van der Waals surface area contributed by atoms with Crippen molar-refractivity contribution < 1.29 is 9.53 Å². The van der Waals surface area contributed by atoms with Gasteiger partial charge in [0.05, 0.1) is 5.56 Å². The fourth-order valence-corrected chi connectivity index (χ4v) is 3.56. The molecule has 0 aliphatic carbocycles. The summed E-state index contributed by atoms with van der Waals surface area (Å²) in [6.07, 6.45) is 2.12. The summed E-state index contributed by atoms with van der Waals surface area (Å²) in [5.74, 6) is 1.42. The third-order valence-corrected chi connectivity index (χ3v) is 5.35. The Bertz CT molecular complexity index is 752. The van der Waals surface area contributed by atoms with Crippen molar-refractivity contribution in [2.24, 2.45) is 5.92 Å². The summed E-state index contributed by atoms with van der Waals surface area (Å²) in [4.78, 5) is 15.0. The van der Waals surface area contributed by atoms with E-state index in [0.29, 0.717) is 23.8 Å². The maximum absolute atomic E-state index is 13.0. The Labute approximate surface area is 162 Å². The zero-order chi connectivity index (χ0) is 19.1. The number of para-hydroxylation sites is 1. The number of hydrogen-bond acceptors (Lipinski definition) is 3. The van der Waals surface area contributed by atoms with Gasteiger partial charge in [-0.2, -0.15) is 0 Å². The maximum atomic E-state index is 13.0. The van der Waals surface area contributed by atoms with Crippen LogP contribution in [0.5, 0.6) is 5.75 Å². The third kappa shape index (κ3) is 5.10. The van der Waals surface area contributed by atoms with E-state index >= 15 is 0 Å². The van der Waals surface area contributed by atoms with Gasteiger partial charge in [0.15, 0.2) is 0 Å². The molecule has 1 aliphatic rings. The van der Waals surface area contributed by atoms with Crippen molar-refractivity contribution in [2.75, 3.05) is 26.2 Å². The van der Waals surface area contributed by atoms with Crippen molar-refractivity contribution in [1.29, 1.82) is 0 Å². The van der Waals surface area contributed by atoms with Gasteiger partial charge in [0.25, 0.3) is 5.91 Å². The molecule has 1 saturated heterocycles. The fraction of sp³-hybridized carbons (Fsp3) is 0.435. The zero-order valence-electron chi connectivity index (χ0n) is 16.4. The molecule has 144 valence electrons. The highest BCUT2D eigenvalue weighted by Gasteiger charge is 2.25. The van der Waals surface area contributed by atoms with Crippen molar-refractivity contribution in [3.63, 3.8) is 0 Å². The van der Waals surface area contributed by atoms with Gasteiger partial charge >= 0.3 is 0 Å². The lowest BCUT2D eigenvalue weighted by Crippen LogP contribution is -2.40. The first kappa shape index (κ1) is 19.4. The van der Waals surface area contributed by atoms with Crippen LogP contribution in [0.1, 0.15) is 41.3 Å². The van der Waals surface area contributed by atoms with E-state index in [1.807, 2.05) is 41.3 Å². The molecule has 0 bridgehead atoms. The molecule has 0 atom stereocenters. The van der Waals surface area contributed by atoms with Crippen molar-refractivity contribution in [3.05, 3.63) is 65.2 Å². The van der Waals surface area contributed by atoms with Gasteiger partial charge in [0, 0.05) is 13.1 Å². The van der Waals surface area contributed by atoms with E-state index in [0.717, 1.165) is 44.6 Å². The number of carbonyl (C=O) groups excluding carboxylic acids is 1. The minimum absolute atomic E-state index is 0.0808. The van der Waals surface area contributed by atoms with Crippen LogP contribution in [0.3, 0.4) is 0 Å². The average Bonchev–Trinajstić information content (AvgIpc) is 2.72. The lowest BCUT2D eigenvalue weighted by atomic mass is 9.96. The first-order chi connectivity index (χ1) is 13.2. The highest BCUT2D eigenvalue weighted by Crippen LogP contribution is 2.24. The number of ether oxygens (including phenoxy) is 1. The van der Waals surface area contributed by atoms with E-state index in [9.17, 15) is 4.79 Å². The molecule has 1 fully saturated rings. The van der Waals surface area contributed by atoms with Crippen molar-refractivity contribution >= 4 is 5.91 Å². The Balaban J connectivity index is 1.63. The summed E-state index contributed by atoms with van der Waals surface area (Å²) < 4.78 is 6.03. The predicted molar refractivity (Wildman–Crippen MR) is 109 cm³/mol. The Kier molecular flexibility index (Phi) is 6.88. The van der Waals surface area contributed by atoms with Crippen LogP contribution in [0.2, 0.25) is 0 Å². The molecule has 27 heavy (non-hydrogen) atoms. The van der Waals surface area contributed by atoms with Crippen LogP contribution < -0.4 is 10.1 Å². The van der Waals surface area contributed by atoms with Crippen LogP contribution in [0, 0.1) is 12.8 Å². The summed E-state index contributed by atoms with van der Waals surface area (Å²) >= 11 is 0. The Morgan fingerprint density at radius 3 is 2.56 bits per heavy atom. The fourth-order valence-electron chi connectivity index (χ4n) is 3.56. The van der Waals surface area contributed by atoms with Crippen LogP contribution in [-0.4, -0.2) is 37.0 Å². The average molecular weight is 367 g/mol. The molecule has 4 heteroatoms. The lowest BCUT2D eigenvalue weighted by molar-refractivity contribution is 0.0685. The molecule has 2 aromatic rings. The first-order valence-corrected chi connectivity index (χ1v) is 9.95. The molecule has 3 rings (SSSR count). The summed E-state index contributed by atoms with van der Waals surface area (Å²) in [7, 11) is 0. The molecule has 1 amide bonds. The number of benzene rings is 2. The number of aryl methyl sites for hydroxylation is 1. The molecule has 2 aromatic carbocycles. The monoisotopic (exact) mass is 366 g/mol. The maximum Gasteiger partial charge on any atom is 0.257 e. The second-order valence-corrected chi connectivity index (χ2v) is 7.25. The molecule has 0 unspecified atom stereocenters. The van der Waals surface area contributed by atoms with E-state index in [4.69, 9.17) is 4.74 Å². The summed E-state index contributed by atoms with van der Waals surface area (Å²) in [6.45, 7) is 8.38. The first-order valence-electron chi connectivity index (χ1n) is 9.95. The predicted octanol–water partition coefficient (Wildman–Crippen LogP) is 4.04. The van der Waals surface area contributed by atoms with E-state index < -0.39 is 0 Å². The molecule has 4 nitrogen and oxygen atoms in total. The summed E-state index contributed by atoms with van der Waals surface area (Å²) in [6, 6.07) is 15.8. The lowest BCUT2D eigenvalue weighted by Gasteiger charge is -2.32. The zero-order valence-corrected chi connectivity index (χ0v) is 16.4. The number of piperidine rings is 1. The van der Waals surface area contributed by atoms with Crippen LogP contribution in [0.4, 0.5) is 0 Å². The number of nitrogens with one attached hydrogen (secondary N) is 1. The van der Waals surface area contributed by atoms with Crippen LogP contribution in [0.25, 0.3) is 0 Å². The smallest absolute Gasteiger partial charge is 0.257 e. The standard InChI is InChI=1S/C23H30N2O2/c1-3-24-16-19-12-14-25(15-13-19)23(26)21-10-6-7-11-22(21)27-17-20-9-5-4-8-18(20)2/h4-11,19,24H,3,12-17H2,1-2H3. The number of amides is 1. The molecule has 0 spiro atoms. The Hall–Kier alpha value is -2.33. The number of rotatable bonds is 7. The molecule has 0 radical (unpaired) electrons. The molecular weight excluding hydrogens is 336 g/mol. The second-order valence-electron chi connectivity index (χ2n) is 7.25. The number of hydrogen-bond donors (Lipinski definition) is 1. The molecule has 1 N–H and O–H groups in total. The largest absolute Gasteiger partial charge is 0.488 e. The third-order valence-electron chi connectivity index (χ3n) is 5.35. The summed E-state index contributed by atoms with van der Waals surface area (Å²) in [5.41, 5.74) is 3.00. The Morgan fingerprint density at radius 1 is 1.11 bits per heavy atom. The van der Waals surface area contributed by atoms with E-state index in [1.54, 1.807) is 0 Å². The Morgan fingerprint density at radius 2 is 1.81 bits per heavy atom. The minimum atomic E-state index is 0.0808. The molecule has 0 aromatic heterocycles. The topological polar surface area (TPSA) is 41.6 Å². The van der Waals surface area contributed by atoms with Gasteiger partial charge in [-0.15, -0.1) is 0 Å². The normalized spacial score (nSPS) is 15.0. The van der Waals surface area contributed by atoms with Gasteiger partial charge in [-0.05, 0) is 62.0 Å². The highest BCUT2D eigenvalue weighted by molar-refractivity contribution is 5.97. The highest BCUT2D eigenvalue weighted by atomic mass is 16.5. The van der Waals surface area contributed by atoms with Gasteiger partial charge in [-0.1, -0.05) is 43.3 Å². The minimum Gasteiger partial charge on any atom is -0.488 e. The molecule has 1 heterocycles.